The molecule has 0 spiro atoms. The Bertz CT molecular complexity index is 545. The third-order valence-electron chi connectivity index (χ3n) is 4.35. The van der Waals surface area contributed by atoms with Gasteiger partial charge in [0.2, 0.25) is 5.91 Å². The highest BCUT2D eigenvalue weighted by Gasteiger charge is 2.40. The summed E-state index contributed by atoms with van der Waals surface area (Å²) >= 11 is 0. The van der Waals surface area contributed by atoms with Gasteiger partial charge < -0.3 is 10.4 Å². The number of carboxylic acid groups (broad SMARTS) is 1. The van der Waals surface area contributed by atoms with Crippen molar-refractivity contribution in [1.29, 1.82) is 0 Å². The molecule has 0 radical (unpaired) electrons. The standard InChI is InChI=1S/C17H23NO3/c1-12-6-7-13(2)14(10-12)11-15(19)18-17(16(20)21)8-4-3-5-9-17/h6-7,10H,3-5,8-9,11H2,1-2H3,(H,18,19)(H,20,21). The Balaban J connectivity index is 2.09. The molecule has 2 N–H and O–H groups in total. The lowest BCUT2D eigenvalue weighted by atomic mass is 9.81. The van der Waals surface area contributed by atoms with Crippen LogP contribution >= 0.6 is 0 Å². The summed E-state index contributed by atoms with van der Waals surface area (Å²) in [7, 11) is 0. The Kier molecular flexibility index (Phi) is 4.66. The van der Waals surface area contributed by atoms with Crippen molar-refractivity contribution in [3.63, 3.8) is 0 Å². The third-order valence-corrected chi connectivity index (χ3v) is 4.35. The lowest BCUT2D eigenvalue weighted by Crippen LogP contribution is -2.56. The van der Waals surface area contributed by atoms with E-state index in [0.29, 0.717) is 12.8 Å². The minimum Gasteiger partial charge on any atom is -0.480 e. The number of hydrogen-bond donors (Lipinski definition) is 2. The summed E-state index contributed by atoms with van der Waals surface area (Å²) in [5.74, 6) is -1.11. The Labute approximate surface area is 125 Å². The highest BCUT2D eigenvalue weighted by atomic mass is 16.4. The van der Waals surface area contributed by atoms with E-state index < -0.39 is 11.5 Å². The van der Waals surface area contributed by atoms with Crippen LogP contribution in [0.5, 0.6) is 0 Å². The molecule has 0 atom stereocenters. The molecule has 1 aliphatic carbocycles. The molecular formula is C17H23NO3. The number of nitrogens with one attached hydrogen (secondary N) is 1. The first-order valence-corrected chi connectivity index (χ1v) is 7.53. The van der Waals surface area contributed by atoms with Crippen molar-refractivity contribution >= 4 is 11.9 Å². The van der Waals surface area contributed by atoms with Gasteiger partial charge in [0.1, 0.15) is 5.54 Å². The number of rotatable bonds is 4. The van der Waals surface area contributed by atoms with Gasteiger partial charge in [-0.25, -0.2) is 4.79 Å². The van der Waals surface area contributed by atoms with Crippen molar-refractivity contribution in [2.45, 2.75) is 57.9 Å². The van der Waals surface area contributed by atoms with Crippen LogP contribution in [0.3, 0.4) is 0 Å². The molecule has 4 nitrogen and oxygen atoms in total. The molecule has 0 aromatic heterocycles. The van der Waals surface area contributed by atoms with Crippen LogP contribution in [0.25, 0.3) is 0 Å². The van der Waals surface area contributed by atoms with E-state index >= 15 is 0 Å². The number of carbonyl (C=O) groups is 2. The molecule has 21 heavy (non-hydrogen) atoms. The first kappa shape index (κ1) is 15.5. The maximum absolute atomic E-state index is 12.3. The fraction of sp³-hybridized carbons (Fsp3) is 0.529. The zero-order valence-corrected chi connectivity index (χ0v) is 12.7. The summed E-state index contributed by atoms with van der Waals surface area (Å²) in [4.78, 5) is 23.8. The first-order valence-electron chi connectivity index (χ1n) is 7.53. The number of carbonyl (C=O) groups excluding carboxylic acids is 1. The van der Waals surface area contributed by atoms with Crippen LogP contribution in [0.4, 0.5) is 0 Å². The van der Waals surface area contributed by atoms with E-state index in [1.54, 1.807) is 0 Å². The quantitative estimate of drug-likeness (QED) is 0.895. The van der Waals surface area contributed by atoms with Gasteiger partial charge in [-0.05, 0) is 37.8 Å². The van der Waals surface area contributed by atoms with E-state index in [9.17, 15) is 14.7 Å². The minimum absolute atomic E-state index is 0.201. The monoisotopic (exact) mass is 289 g/mol. The molecule has 1 amide bonds. The molecule has 114 valence electrons. The average Bonchev–Trinajstić information content (AvgIpc) is 2.43. The Morgan fingerprint density at radius 1 is 1.19 bits per heavy atom. The molecule has 0 bridgehead atoms. The van der Waals surface area contributed by atoms with Crippen LogP contribution < -0.4 is 5.32 Å². The van der Waals surface area contributed by atoms with Crippen LogP contribution in [-0.2, 0) is 16.0 Å². The van der Waals surface area contributed by atoms with Crippen molar-refractivity contribution in [3.05, 3.63) is 34.9 Å². The molecular weight excluding hydrogens is 266 g/mol. The molecule has 1 aliphatic rings. The lowest BCUT2D eigenvalue weighted by Gasteiger charge is -2.34. The molecule has 0 heterocycles. The van der Waals surface area contributed by atoms with E-state index in [0.717, 1.165) is 36.0 Å². The van der Waals surface area contributed by atoms with Crippen molar-refractivity contribution in [2.24, 2.45) is 0 Å². The average molecular weight is 289 g/mol. The van der Waals surface area contributed by atoms with Gasteiger partial charge in [-0.15, -0.1) is 0 Å². The zero-order chi connectivity index (χ0) is 15.5. The van der Waals surface area contributed by atoms with E-state index in [2.05, 4.69) is 5.32 Å². The van der Waals surface area contributed by atoms with Crippen LogP contribution in [0.2, 0.25) is 0 Å². The van der Waals surface area contributed by atoms with Crippen LogP contribution in [-0.4, -0.2) is 22.5 Å². The summed E-state index contributed by atoms with van der Waals surface area (Å²) in [6.07, 6.45) is 4.05. The number of amides is 1. The molecule has 1 fully saturated rings. The lowest BCUT2D eigenvalue weighted by molar-refractivity contribution is -0.149. The molecule has 1 aromatic carbocycles. The maximum atomic E-state index is 12.3. The number of carboxylic acids is 1. The van der Waals surface area contributed by atoms with Crippen molar-refractivity contribution in [3.8, 4) is 0 Å². The van der Waals surface area contributed by atoms with Gasteiger partial charge in [0.15, 0.2) is 0 Å². The highest BCUT2D eigenvalue weighted by molar-refractivity contribution is 5.88. The molecule has 2 rings (SSSR count). The SMILES string of the molecule is Cc1ccc(C)c(CC(=O)NC2(C(=O)O)CCCCC2)c1. The maximum Gasteiger partial charge on any atom is 0.329 e. The van der Waals surface area contributed by atoms with E-state index in [4.69, 9.17) is 0 Å². The highest BCUT2D eigenvalue weighted by Crippen LogP contribution is 2.28. The van der Waals surface area contributed by atoms with Crippen molar-refractivity contribution in [1.82, 2.24) is 5.32 Å². The molecule has 0 saturated heterocycles. The first-order chi connectivity index (χ1) is 9.93. The van der Waals surface area contributed by atoms with Crippen LogP contribution in [0.15, 0.2) is 18.2 Å². The number of aliphatic carboxylic acids is 1. The van der Waals surface area contributed by atoms with Crippen LogP contribution in [0, 0.1) is 13.8 Å². The molecule has 1 saturated carbocycles. The number of aryl methyl sites for hydroxylation is 2. The summed E-state index contributed by atoms with van der Waals surface area (Å²) in [6.45, 7) is 3.95. The predicted octanol–water partition coefficient (Wildman–Crippen LogP) is 2.75. The molecule has 4 heteroatoms. The van der Waals surface area contributed by atoms with Gasteiger partial charge in [0.05, 0.1) is 6.42 Å². The largest absolute Gasteiger partial charge is 0.480 e. The van der Waals surface area contributed by atoms with Crippen molar-refractivity contribution in [2.75, 3.05) is 0 Å². The minimum atomic E-state index is -1.06. The topological polar surface area (TPSA) is 66.4 Å². The van der Waals surface area contributed by atoms with E-state index in [1.807, 2.05) is 32.0 Å². The van der Waals surface area contributed by atoms with E-state index in [-0.39, 0.29) is 12.3 Å². The molecule has 1 aromatic rings. The van der Waals surface area contributed by atoms with E-state index in [1.165, 1.54) is 0 Å². The summed E-state index contributed by atoms with van der Waals surface area (Å²) in [6, 6.07) is 5.99. The number of hydrogen-bond acceptors (Lipinski definition) is 2. The van der Waals surface area contributed by atoms with Gasteiger partial charge in [-0.2, -0.15) is 0 Å². The second kappa shape index (κ2) is 6.29. The fourth-order valence-corrected chi connectivity index (χ4v) is 3.02. The Morgan fingerprint density at radius 2 is 1.86 bits per heavy atom. The normalized spacial score (nSPS) is 17.2. The smallest absolute Gasteiger partial charge is 0.329 e. The fourth-order valence-electron chi connectivity index (χ4n) is 3.02. The second-order valence-corrected chi connectivity index (χ2v) is 6.10. The summed E-state index contributed by atoms with van der Waals surface area (Å²) in [5, 5.41) is 12.3. The summed E-state index contributed by atoms with van der Waals surface area (Å²) in [5.41, 5.74) is 2.06. The van der Waals surface area contributed by atoms with Crippen molar-refractivity contribution < 1.29 is 14.7 Å². The Morgan fingerprint density at radius 3 is 2.48 bits per heavy atom. The third kappa shape index (κ3) is 3.63. The second-order valence-electron chi connectivity index (χ2n) is 6.10. The molecule has 0 unspecified atom stereocenters. The number of benzene rings is 1. The van der Waals surface area contributed by atoms with Gasteiger partial charge in [0.25, 0.3) is 0 Å². The van der Waals surface area contributed by atoms with Gasteiger partial charge in [0, 0.05) is 0 Å². The molecule has 0 aliphatic heterocycles. The van der Waals surface area contributed by atoms with Gasteiger partial charge in [-0.1, -0.05) is 43.0 Å². The van der Waals surface area contributed by atoms with Crippen LogP contribution in [0.1, 0.15) is 48.8 Å². The summed E-state index contributed by atoms with van der Waals surface area (Å²) < 4.78 is 0. The zero-order valence-electron chi connectivity index (χ0n) is 12.7. The Hall–Kier alpha value is -1.84. The predicted molar refractivity (Wildman–Crippen MR) is 81.2 cm³/mol. The van der Waals surface area contributed by atoms with Gasteiger partial charge in [-0.3, -0.25) is 4.79 Å². The van der Waals surface area contributed by atoms with Gasteiger partial charge >= 0.3 is 5.97 Å².